The number of carbonyl (C=O) groups excluding carboxylic acids is 2. The number of esters is 1. The van der Waals surface area contributed by atoms with Crippen LogP contribution in [0.15, 0.2) is 35.3 Å². The lowest BCUT2D eigenvalue weighted by molar-refractivity contribution is -0.149. The van der Waals surface area contributed by atoms with E-state index >= 15 is 0 Å². The number of aliphatic imine (C=N–C) groups is 1. The minimum Gasteiger partial charge on any atom is -0.494 e. The van der Waals surface area contributed by atoms with Crippen LogP contribution in [0.2, 0.25) is 0 Å². The second kappa shape index (κ2) is 4.85. The summed E-state index contributed by atoms with van der Waals surface area (Å²) in [5.41, 5.74) is 1.08. The molecule has 6 heteroatoms. The number of para-hydroxylation sites is 1. The first-order valence-corrected chi connectivity index (χ1v) is 9.85. The second-order valence-electron chi connectivity index (χ2n) is 8.80. The molecule has 3 fully saturated rings. The molecule has 2 saturated carbocycles. The fourth-order valence-electron chi connectivity index (χ4n) is 7.07. The van der Waals surface area contributed by atoms with Crippen molar-refractivity contribution in [1.82, 2.24) is 4.90 Å². The predicted molar refractivity (Wildman–Crippen MR) is 102 cm³/mol. The highest BCUT2D eigenvalue weighted by Crippen LogP contribution is 2.71. The lowest BCUT2D eigenvalue weighted by Crippen LogP contribution is -2.64. The molecular formula is C22H22N2O4. The van der Waals surface area contributed by atoms with Crippen LogP contribution in [0.4, 0.5) is 5.69 Å². The van der Waals surface area contributed by atoms with Gasteiger partial charge in [0.05, 0.1) is 25.7 Å². The van der Waals surface area contributed by atoms with E-state index in [4.69, 9.17) is 14.5 Å². The highest BCUT2D eigenvalue weighted by atomic mass is 16.5. The van der Waals surface area contributed by atoms with E-state index in [0.29, 0.717) is 31.6 Å². The van der Waals surface area contributed by atoms with Gasteiger partial charge in [-0.15, -0.1) is 0 Å². The topological polar surface area (TPSA) is 68.2 Å². The lowest BCUT2D eigenvalue weighted by atomic mass is 9.51. The van der Waals surface area contributed by atoms with Gasteiger partial charge in [0.2, 0.25) is 5.91 Å². The zero-order chi connectivity index (χ0) is 19.3. The summed E-state index contributed by atoms with van der Waals surface area (Å²) >= 11 is 0. The van der Waals surface area contributed by atoms with Crippen molar-refractivity contribution in [1.29, 1.82) is 0 Å². The molecule has 1 aromatic rings. The maximum atomic E-state index is 13.2. The fraction of sp³-hybridized carbons (Fsp3) is 0.500. The van der Waals surface area contributed by atoms with Crippen LogP contribution >= 0.6 is 0 Å². The summed E-state index contributed by atoms with van der Waals surface area (Å²) in [5.74, 6) is 0.609. The molecule has 3 aliphatic heterocycles. The average molecular weight is 378 g/mol. The van der Waals surface area contributed by atoms with Crippen LogP contribution in [0.25, 0.3) is 0 Å². The van der Waals surface area contributed by atoms with Gasteiger partial charge in [-0.05, 0) is 30.9 Å². The summed E-state index contributed by atoms with van der Waals surface area (Å²) in [6.07, 6.45) is 6.97. The Kier molecular flexibility index (Phi) is 2.83. The van der Waals surface area contributed by atoms with Crippen LogP contribution in [-0.2, 0) is 19.7 Å². The van der Waals surface area contributed by atoms with Gasteiger partial charge in [0.15, 0.2) is 0 Å². The molecule has 1 aromatic carbocycles. The molecule has 6 nitrogen and oxygen atoms in total. The van der Waals surface area contributed by atoms with E-state index in [1.165, 1.54) is 7.11 Å². The smallest absolute Gasteiger partial charge is 0.317 e. The molecule has 2 spiro atoms. The van der Waals surface area contributed by atoms with Crippen molar-refractivity contribution in [3.63, 3.8) is 0 Å². The molecule has 6 rings (SSSR count). The van der Waals surface area contributed by atoms with Gasteiger partial charge in [0.25, 0.3) is 0 Å². The van der Waals surface area contributed by atoms with E-state index in [9.17, 15) is 9.59 Å². The third-order valence-corrected chi connectivity index (χ3v) is 7.85. The Hall–Kier alpha value is -2.63. The van der Waals surface area contributed by atoms with Gasteiger partial charge in [-0.1, -0.05) is 24.3 Å². The number of carbonyl (C=O) groups is 2. The van der Waals surface area contributed by atoms with Crippen LogP contribution in [0.3, 0.4) is 0 Å². The van der Waals surface area contributed by atoms with Gasteiger partial charge in [0.1, 0.15) is 16.9 Å². The quantitative estimate of drug-likeness (QED) is 0.586. The Labute approximate surface area is 163 Å². The number of amides is 1. The summed E-state index contributed by atoms with van der Waals surface area (Å²) in [6, 6.07) is 5.92. The Bertz CT molecular complexity index is 1010. The predicted octanol–water partition coefficient (Wildman–Crippen LogP) is 2.53. The number of hydrogen-bond acceptors (Lipinski definition) is 5. The molecule has 4 atom stereocenters. The number of nitrogens with zero attached hydrogens (tertiary/aromatic N) is 2. The standard InChI is InChI=1S/C22H22N2O4/c1-27-14-6-3-5-13-16(14)23-17-21(19(26)28-2)9-8-20(12-21)7-4-10-24-15(25)11-22(13,17)18(20)24/h3-7,18H,8-12H2,1-2H3/t18-,20+,21+,22-/m0/s1. The van der Waals surface area contributed by atoms with Crippen molar-refractivity contribution in [2.75, 3.05) is 20.8 Å². The molecule has 0 N–H and O–H groups in total. The van der Waals surface area contributed by atoms with Crippen LogP contribution in [0.1, 0.15) is 31.2 Å². The Balaban J connectivity index is 1.71. The first kappa shape index (κ1) is 16.3. The zero-order valence-corrected chi connectivity index (χ0v) is 16.0. The fourth-order valence-corrected chi connectivity index (χ4v) is 7.07. The van der Waals surface area contributed by atoms with E-state index < -0.39 is 10.8 Å². The van der Waals surface area contributed by atoms with Gasteiger partial charge in [0, 0.05) is 24.1 Å². The van der Waals surface area contributed by atoms with Crippen molar-refractivity contribution in [2.45, 2.75) is 37.1 Å². The van der Waals surface area contributed by atoms with E-state index in [0.717, 1.165) is 23.4 Å². The molecule has 28 heavy (non-hydrogen) atoms. The molecule has 3 heterocycles. The summed E-state index contributed by atoms with van der Waals surface area (Å²) in [7, 11) is 3.08. The Morgan fingerprint density at radius 1 is 1.29 bits per heavy atom. The van der Waals surface area contributed by atoms with E-state index in [-0.39, 0.29) is 23.3 Å². The molecule has 5 aliphatic rings. The van der Waals surface area contributed by atoms with Gasteiger partial charge in [-0.2, -0.15) is 0 Å². The van der Waals surface area contributed by atoms with E-state index in [1.54, 1.807) is 7.11 Å². The van der Waals surface area contributed by atoms with Gasteiger partial charge in [-0.25, -0.2) is 0 Å². The molecular weight excluding hydrogens is 356 g/mol. The Morgan fingerprint density at radius 3 is 2.93 bits per heavy atom. The molecule has 144 valence electrons. The first-order valence-electron chi connectivity index (χ1n) is 9.85. The monoisotopic (exact) mass is 378 g/mol. The molecule has 0 unspecified atom stereocenters. The number of rotatable bonds is 2. The first-order chi connectivity index (χ1) is 13.5. The number of fused-ring (bicyclic) bond motifs is 3. The van der Waals surface area contributed by atoms with E-state index in [2.05, 4.69) is 18.2 Å². The number of benzene rings is 1. The van der Waals surface area contributed by atoms with Crippen molar-refractivity contribution in [2.24, 2.45) is 15.8 Å². The van der Waals surface area contributed by atoms with Crippen LogP contribution in [0.5, 0.6) is 5.75 Å². The molecule has 1 amide bonds. The summed E-state index contributed by atoms with van der Waals surface area (Å²) in [6.45, 7) is 0.630. The lowest BCUT2D eigenvalue weighted by Gasteiger charge is -2.54. The van der Waals surface area contributed by atoms with Crippen molar-refractivity contribution in [3.8, 4) is 5.75 Å². The molecule has 2 aliphatic carbocycles. The molecule has 1 saturated heterocycles. The van der Waals surface area contributed by atoms with Crippen LogP contribution in [0, 0.1) is 10.8 Å². The molecule has 0 aromatic heterocycles. The van der Waals surface area contributed by atoms with Crippen molar-refractivity contribution < 1.29 is 19.1 Å². The van der Waals surface area contributed by atoms with Crippen molar-refractivity contribution >= 4 is 23.3 Å². The minimum absolute atomic E-state index is 0.00453. The van der Waals surface area contributed by atoms with Crippen LogP contribution < -0.4 is 4.74 Å². The highest BCUT2D eigenvalue weighted by Gasteiger charge is 2.77. The van der Waals surface area contributed by atoms with Crippen molar-refractivity contribution in [3.05, 3.63) is 35.9 Å². The maximum Gasteiger partial charge on any atom is 0.317 e. The molecule has 0 radical (unpaired) electrons. The summed E-state index contributed by atoms with van der Waals surface area (Å²) in [4.78, 5) is 33.4. The Morgan fingerprint density at radius 2 is 2.14 bits per heavy atom. The SMILES string of the molecule is COC(=O)[C@@]12CC[C@]3(C=CCN4C(=O)C[C@]5(C1=Nc1c(OC)cccc15)[C@@H]43)C2. The second-order valence-corrected chi connectivity index (χ2v) is 8.80. The summed E-state index contributed by atoms with van der Waals surface area (Å²) < 4.78 is 10.9. The van der Waals surface area contributed by atoms with Gasteiger partial charge >= 0.3 is 5.97 Å². The number of ether oxygens (including phenoxy) is 2. The average Bonchev–Trinajstić information content (AvgIpc) is 3.33. The number of hydrogen-bond donors (Lipinski definition) is 0. The summed E-state index contributed by atoms with van der Waals surface area (Å²) in [5, 5.41) is 0. The third kappa shape index (κ3) is 1.50. The largest absolute Gasteiger partial charge is 0.494 e. The van der Waals surface area contributed by atoms with E-state index in [1.807, 2.05) is 17.0 Å². The molecule has 2 bridgehead atoms. The number of methoxy groups -OCH3 is 2. The zero-order valence-electron chi connectivity index (χ0n) is 16.0. The normalized spacial score (nSPS) is 38.6. The van der Waals surface area contributed by atoms with Gasteiger partial charge < -0.3 is 14.4 Å². The van der Waals surface area contributed by atoms with Crippen LogP contribution in [-0.4, -0.2) is 49.3 Å². The highest BCUT2D eigenvalue weighted by molar-refractivity contribution is 6.20. The van der Waals surface area contributed by atoms with Gasteiger partial charge in [-0.3, -0.25) is 14.6 Å². The maximum absolute atomic E-state index is 13.2. The minimum atomic E-state index is -0.771. The third-order valence-electron chi connectivity index (χ3n) is 7.85.